The van der Waals surface area contributed by atoms with E-state index in [-0.39, 0.29) is 18.3 Å². The summed E-state index contributed by atoms with van der Waals surface area (Å²) in [5, 5.41) is 9.24. The van der Waals surface area contributed by atoms with E-state index in [4.69, 9.17) is 26.3 Å². The highest BCUT2D eigenvalue weighted by Gasteiger charge is 2.25. The van der Waals surface area contributed by atoms with E-state index >= 15 is 0 Å². The normalized spacial score (nSPS) is 27.6. The molecule has 0 N–H and O–H groups in total. The minimum atomic E-state index is 0.146. The Morgan fingerprint density at radius 3 is 2.56 bits per heavy atom. The number of nitrogens with zero attached hydrogens (tertiary/aromatic N) is 1. The van der Waals surface area contributed by atoms with Gasteiger partial charge in [-0.2, -0.15) is 5.26 Å². The molecule has 1 saturated heterocycles. The molecule has 2 atom stereocenters. The van der Waals surface area contributed by atoms with Crippen LogP contribution >= 0.6 is 11.6 Å². The van der Waals surface area contributed by atoms with Gasteiger partial charge in [0.15, 0.2) is 0 Å². The molecule has 18 heavy (non-hydrogen) atoms. The predicted molar refractivity (Wildman–Crippen MR) is 69.8 cm³/mol. The van der Waals surface area contributed by atoms with Crippen molar-refractivity contribution in [1.82, 2.24) is 0 Å². The van der Waals surface area contributed by atoms with E-state index < -0.39 is 0 Å². The van der Waals surface area contributed by atoms with Gasteiger partial charge in [0.05, 0.1) is 22.8 Å². The first-order valence-electron chi connectivity index (χ1n) is 6.10. The van der Waals surface area contributed by atoms with Crippen LogP contribution in [0.2, 0.25) is 5.02 Å². The lowest BCUT2D eigenvalue weighted by molar-refractivity contribution is -0.0721. The van der Waals surface area contributed by atoms with Crippen molar-refractivity contribution in [1.29, 1.82) is 5.26 Å². The maximum atomic E-state index is 8.81. The second kappa shape index (κ2) is 5.60. The van der Waals surface area contributed by atoms with Crippen LogP contribution in [0.15, 0.2) is 18.2 Å². The Labute approximate surface area is 112 Å². The lowest BCUT2D eigenvalue weighted by atomic mass is 10.0. The summed E-state index contributed by atoms with van der Waals surface area (Å²) < 4.78 is 11.6. The second-order valence-corrected chi connectivity index (χ2v) is 5.13. The van der Waals surface area contributed by atoms with Gasteiger partial charge in [0.25, 0.3) is 0 Å². The maximum absolute atomic E-state index is 8.81. The van der Waals surface area contributed by atoms with Gasteiger partial charge in [-0.25, -0.2) is 0 Å². The average molecular weight is 266 g/mol. The molecule has 2 rings (SSSR count). The molecule has 0 bridgehead atoms. The number of ether oxygens (including phenoxy) is 2. The van der Waals surface area contributed by atoms with Crippen molar-refractivity contribution < 1.29 is 9.47 Å². The number of halogens is 1. The van der Waals surface area contributed by atoms with Crippen molar-refractivity contribution >= 4 is 11.6 Å². The van der Waals surface area contributed by atoms with Crippen molar-refractivity contribution in [3.8, 4) is 11.8 Å². The highest BCUT2D eigenvalue weighted by atomic mass is 35.5. The Morgan fingerprint density at radius 2 is 2.00 bits per heavy atom. The van der Waals surface area contributed by atoms with Gasteiger partial charge in [-0.15, -0.1) is 0 Å². The fraction of sp³-hybridized carbons (Fsp3) is 0.500. The molecule has 4 heteroatoms. The number of benzene rings is 1. The van der Waals surface area contributed by atoms with Crippen LogP contribution in [0.1, 0.15) is 32.3 Å². The van der Waals surface area contributed by atoms with Crippen molar-refractivity contribution in [2.45, 2.75) is 45.0 Å². The quantitative estimate of drug-likeness (QED) is 0.821. The van der Waals surface area contributed by atoms with Gasteiger partial charge in [0.1, 0.15) is 17.9 Å². The summed E-state index contributed by atoms with van der Waals surface area (Å²) in [6.07, 6.45) is 2.33. The minimum Gasteiger partial charge on any atom is -0.490 e. The molecule has 1 fully saturated rings. The molecule has 1 aliphatic rings. The van der Waals surface area contributed by atoms with Crippen LogP contribution in [0.25, 0.3) is 0 Å². The third-order valence-corrected chi connectivity index (χ3v) is 3.33. The lowest BCUT2D eigenvalue weighted by Gasteiger charge is -2.32. The molecule has 96 valence electrons. The molecule has 3 nitrogen and oxygen atoms in total. The van der Waals surface area contributed by atoms with Gasteiger partial charge in [0, 0.05) is 18.9 Å². The molecule has 1 aliphatic heterocycles. The van der Waals surface area contributed by atoms with E-state index in [1.165, 1.54) is 0 Å². The first-order valence-corrected chi connectivity index (χ1v) is 6.48. The van der Waals surface area contributed by atoms with Crippen LogP contribution in [0.3, 0.4) is 0 Å². The topological polar surface area (TPSA) is 42.2 Å². The van der Waals surface area contributed by atoms with E-state index in [1.54, 1.807) is 18.2 Å². The molecule has 0 aliphatic carbocycles. The van der Waals surface area contributed by atoms with Gasteiger partial charge in [-0.05, 0) is 26.0 Å². The van der Waals surface area contributed by atoms with E-state index in [2.05, 4.69) is 13.8 Å². The molecule has 1 aromatic rings. The molecule has 0 aromatic heterocycles. The maximum Gasteiger partial charge on any atom is 0.121 e. The number of hydrogen-bond acceptors (Lipinski definition) is 3. The van der Waals surface area contributed by atoms with E-state index in [0.717, 1.165) is 12.8 Å². The first kappa shape index (κ1) is 13.2. The minimum absolute atomic E-state index is 0.146. The van der Waals surface area contributed by atoms with Crippen LogP contribution < -0.4 is 4.74 Å². The number of nitriles is 1. The largest absolute Gasteiger partial charge is 0.490 e. The van der Waals surface area contributed by atoms with Gasteiger partial charge < -0.3 is 9.47 Å². The molecule has 0 radical (unpaired) electrons. The van der Waals surface area contributed by atoms with Crippen LogP contribution in [0, 0.1) is 11.3 Å². The van der Waals surface area contributed by atoms with E-state index in [0.29, 0.717) is 16.3 Å². The SMILES string of the molecule is CC1CC(Oc2ccc(C#N)c(Cl)c2)CC(C)O1. The standard InChI is InChI=1S/C14H16ClNO2/c1-9-5-13(6-10(2)17-9)18-12-4-3-11(8-16)14(15)7-12/h3-4,7,9-10,13H,5-6H2,1-2H3. The third kappa shape index (κ3) is 3.16. The monoisotopic (exact) mass is 265 g/mol. The molecule has 0 saturated carbocycles. The molecule has 1 aromatic carbocycles. The highest BCUT2D eigenvalue weighted by Crippen LogP contribution is 2.27. The zero-order valence-corrected chi connectivity index (χ0v) is 11.3. The molecule has 2 unspecified atom stereocenters. The van der Waals surface area contributed by atoms with E-state index in [1.807, 2.05) is 6.07 Å². The number of rotatable bonds is 2. The number of hydrogen-bond donors (Lipinski definition) is 0. The second-order valence-electron chi connectivity index (χ2n) is 4.72. The van der Waals surface area contributed by atoms with Gasteiger partial charge in [-0.3, -0.25) is 0 Å². The van der Waals surface area contributed by atoms with Gasteiger partial charge in [-0.1, -0.05) is 11.6 Å². The first-order chi connectivity index (χ1) is 8.58. The highest BCUT2D eigenvalue weighted by molar-refractivity contribution is 6.31. The van der Waals surface area contributed by atoms with E-state index in [9.17, 15) is 0 Å². The Kier molecular flexibility index (Phi) is 4.11. The fourth-order valence-corrected chi connectivity index (χ4v) is 2.51. The zero-order valence-electron chi connectivity index (χ0n) is 10.5. The average Bonchev–Trinajstić information content (AvgIpc) is 2.27. The molecule has 1 heterocycles. The molecular formula is C14H16ClNO2. The van der Waals surface area contributed by atoms with Crippen molar-refractivity contribution in [3.05, 3.63) is 28.8 Å². The van der Waals surface area contributed by atoms with Crippen LogP contribution in [0.5, 0.6) is 5.75 Å². The molecular weight excluding hydrogens is 250 g/mol. The summed E-state index contributed by atoms with van der Waals surface area (Å²) in [7, 11) is 0. The Bertz CT molecular complexity index is 459. The molecule has 0 amide bonds. The summed E-state index contributed by atoms with van der Waals surface area (Å²) >= 11 is 5.98. The summed E-state index contributed by atoms with van der Waals surface area (Å²) in [5.74, 6) is 0.713. The zero-order chi connectivity index (χ0) is 13.1. The van der Waals surface area contributed by atoms with Crippen LogP contribution in [-0.2, 0) is 4.74 Å². The van der Waals surface area contributed by atoms with Crippen LogP contribution in [-0.4, -0.2) is 18.3 Å². The summed E-state index contributed by atoms with van der Waals surface area (Å²) in [6, 6.07) is 7.20. The summed E-state index contributed by atoms with van der Waals surface area (Å²) in [4.78, 5) is 0. The van der Waals surface area contributed by atoms with Crippen molar-refractivity contribution in [2.75, 3.05) is 0 Å². The Balaban J connectivity index is 2.05. The van der Waals surface area contributed by atoms with Gasteiger partial charge in [0.2, 0.25) is 0 Å². The lowest BCUT2D eigenvalue weighted by Crippen LogP contribution is -2.35. The third-order valence-electron chi connectivity index (χ3n) is 3.02. The van der Waals surface area contributed by atoms with Crippen molar-refractivity contribution in [2.24, 2.45) is 0 Å². The Morgan fingerprint density at radius 1 is 1.33 bits per heavy atom. The Hall–Kier alpha value is -1.24. The van der Waals surface area contributed by atoms with Gasteiger partial charge >= 0.3 is 0 Å². The predicted octanol–water partition coefficient (Wildman–Crippen LogP) is 3.55. The molecule has 0 spiro atoms. The van der Waals surface area contributed by atoms with Crippen molar-refractivity contribution in [3.63, 3.8) is 0 Å². The fourth-order valence-electron chi connectivity index (χ4n) is 2.29. The summed E-state index contributed by atoms with van der Waals surface area (Å²) in [5.41, 5.74) is 0.470. The smallest absolute Gasteiger partial charge is 0.121 e. The van der Waals surface area contributed by atoms with Crippen LogP contribution in [0.4, 0.5) is 0 Å². The summed E-state index contributed by atoms with van der Waals surface area (Å²) in [6.45, 7) is 4.11.